The fourth-order valence-corrected chi connectivity index (χ4v) is 8.27. The summed E-state index contributed by atoms with van der Waals surface area (Å²) in [5, 5.41) is 28.4. The maximum Gasteiger partial charge on any atom is 0.404 e. The van der Waals surface area contributed by atoms with Crippen LogP contribution in [0.5, 0.6) is 0 Å². The molecule has 3 N–H and O–H groups in total. The van der Waals surface area contributed by atoms with Crippen LogP contribution in [0, 0.1) is 28.6 Å². The molecule has 0 saturated heterocycles. The Kier molecular flexibility index (Phi) is 8.55. The first-order chi connectivity index (χ1) is 19.0. The van der Waals surface area contributed by atoms with Crippen LogP contribution < -0.4 is 0 Å². The van der Waals surface area contributed by atoms with Crippen molar-refractivity contribution in [3.63, 3.8) is 0 Å². The number of ketones is 2. The lowest BCUT2D eigenvalue weighted by Crippen LogP contribution is -2.71. The second-order valence-electron chi connectivity index (χ2n) is 11.8. The first kappa shape index (κ1) is 31.6. The first-order valence-electron chi connectivity index (χ1n) is 13.4. The van der Waals surface area contributed by atoms with Crippen LogP contribution in [-0.2, 0) is 28.7 Å². The summed E-state index contributed by atoms with van der Waals surface area (Å²) in [5.41, 5.74) is -8.80. The smallest absolute Gasteiger partial charge is 0.404 e. The molecule has 0 aliphatic heterocycles. The van der Waals surface area contributed by atoms with Gasteiger partial charge in [-0.15, -0.1) is 0 Å². The van der Waals surface area contributed by atoms with Crippen molar-refractivity contribution in [1.82, 2.24) is 5.39 Å². The molecule has 0 amide bonds. The van der Waals surface area contributed by atoms with Gasteiger partial charge in [0.1, 0.15) is 6.17 Å². The highest BCUT2D eigenvalue weighted by molar-refractivity contribution is 6.61. The summed E-state index contributed by atoms with van der Waals surface area (Å²) in [6.45, 7) is 3.50. The van der Waals surface area contributed by atoms with Gasteiger partial charge in [0.2, 0.25) is 5.78 Å². The lowest BCUT2D eigenvalue weighted by Gasteiger charge is -2.63. The van der Waals surface area contributed by atoms with Crippen molar-refractivity contribution in [1.29, 1.82) is 0 Å². The zero-order chi connectivity index (χ0) is 30.5. The Morgan fingerprint density at radius 2 is 1.88 bits per heavy atom. The molecule has 0 spiro atoms. The summed E-state index contributed by atoms with van der Waals surface area (Å²) in [7, 11) is 0. The van der Waals surface area contributed by atoms with E-state index in [4.69, 9.17) is 31.5 Å². The van der Waals surface area contributed by atoms with Crippen molar-refractivity contribution in [3.05, 3.63) is 23.8 Å². The largest absolute Gasteiger partial charge is 0.450 e. The van der Waals surface area contributed by atoms with Crippen LogP contribution >= 0.6 is 11.6 Å². The molecule has 3 saturated carbocycles. The van der Waals surface area contributed by atoms with E-state index in [1.54, 1.807) is 13.8 Å². The van der Waals surface area contributed by atoms with Gasteiger partial charge < -0.3 is 14.6 Å². The Morgan fingerprint density at radius 3 is 2.51 bits per heavy atom. The Labute approximate surface area is 239 Å². The van der Waals surface area contributed by atoms with Crippen LogP contribution in [0.3, 0.4) is 0 Å². The fraction of sp³-hybridized carbons (Fsp3) is 0.704. The van der Waals surface area contributed by atoms with Crippen molar-refractivity contribution in [2.75, 3.05) is 13.2 Å². The molecule has 0 aromatic carbocycles. The molecule has 3 fully saturated rings. The molecule has 11 nitrogen and oxygen atoms in total. The molecular formula is C27H34ClF2NO10. The molecule has 0 bridgehead atoms. The van der Waals surface area contributed by atoms with Crippen molar-refractivity contribution in [3.8, 4) is 0 Å². The van der Waals surface area contributed by atoms with Gasteiger partial charge in [-0.1, -0.05) is 19.9 Å². The number of aliphatic hydroxyl groups is 1. The van der Waals surface area contributed by atoms with E-state index in [-0.39, 0.29) is 44.3 Å². The topological polar surface area (TPSA) is 160 Å². The van der Waals surface area contributed by atoms with Gasteiger partial charge >= 0.3 is 11.4 Å². The maximum absolute atomic E-state index is 17.4. The molecule has 4 rings (SSSR count). The molecular weight excluding hydrogens is 572 g/mol. The Balaban J connectivity index is 1.75. The number of nitrogens with zero attached hydrogens (tertiary/aromatic N) is 1. The number of halogens is 3. The van der Waals surface area contributed by atoms with Crippen LogP contribution in [0.15, 0.2) is 23.8 Å². The zero-order valence-electron chi connectivity index (χ0n) is 22.8. The summed E-state index contributed by atoms with van der Waals surface area (Å²) in [4.78, 5) is 54.7. The zero-order valence-corrected chi connectivity index (χ0v) is 23.6. The van der Waals surface area contributed by atoms with E-state index in [9.17, 15) is 24.3 Å². The average molecular weight is 606 g/mol. The minimum Gasteiger partial charge on any atom is -0.450 e. The lowest BCUT2D eigenvalue weighted by atomic mass is 9.44. The molecule has 4 aliphatic carbocycles. The normalized spacial score (nSPS) is 41.3. The molecule has 0 radical (unpaired) electrons. The fourth-order valence-electron chi connectivity index (χ4n) is 8.21. The summed E-state index contributed by atoms with van der Waals surface area (Å²) >= 11 is 5.29. The second kappa shape index (κ2) is 11.1. The molecule has 0 aromatic rings. The van der Waals surface area contributed by atoms with E-state index in [0.29, 0.717) is 0 Å². The van der Waals surface area contributed by atoms with Crippen LogP contribution in [0.4, 0.5) is 13.6 Å². The van der Waals surface area contributed by atoms with Gasteiger partial charge in [0.25, 0.3) is 0 Å². The van der Waals surface area contributed by atoms with Gasteiger partial charge in [0.05, 0.1) is 18.1 Å². The highest BCUT2D eigenvalue weighted by Gasteiger charge is 2.78. The number of carbonyl (C=O) groups excluding carboxylic acids is 4. The molecule has 9 atom stereocenters. The number of ether oxygens (including phenoxy) is 2. The average Bonchev–Trinajstić information content (AvgIpc) is 3.10. The number of Topliss-reactive ketones (excluding diaryl/α,β-unsaturated/α-hetero) is 1. The third-order valence-corrected chi connectivity index (χ3v) is 10.0. The summed E-state index contributed by atoms with van der Waals surface area (Å²) in [6.07, 6.45) is -0.889. The van der Waals surface area contributed by atoms with Gasteiger partial charge in [-0.3, -0.25) is 29.6 Å². The Morgan fingerprint density at radius 1 is 1.20 bits per heavy atom. The van der Waals surface area contributed by atoms with Crippen molar-refractivity contribution < 1.29 is 57.8 Å². The predicted molar refractivity (Wildman–Crippen MR) is 135 cm³/mol. The lowest BCUT2D eigenvalue weighted by molar-refractivity contribution is -0.492. The molecule has 0 heterocycles. The molecule has 14 heteroatoms. The number of carbonyl (C=O) groups is 4. The summed E-state index contributed by atoms with van der Waals surface area (Å²) < 4.78 is 43.8. The van der Waals surface area contributed by atoms with Crippen LogP contribution in [-0.4, -0.2) is 80.6 Å². The number of rotatable bonds is 9. The van der Waals surface area contributed by atoms with Crippen molar-refractivity contribution in [2.45, 2.75) is 76.4 Å². The first-order valence-corrected chi connectivity index (χ1v) is 13.8. The minimum atomic E-state index is -2.41. The second-order valence-corrected chi connectivity index (χ2v) is 12.2. The Hall–Kier alpha value is -2.29. The van der Waals surface area contributed by atoms with E-state index in [2.05, 4.69) is 4.84 Å². The monoisotopic (exact) mass is 605 g/mol. The van der Waals surface area contributed by atoms with E-state index in [1.165, 1.54) is 13.0 Å². The predicted octanol–water partition coefficient (Wildman–Crippen LogP) is 3.57. The maximum atomic E-state index is 17.4. The number of hydrogen-bond acceptors (Lipinski definition) is 11. The van der Waals surface area contributed by atoms with Crippen molar-refractivity contribution >= 4 is 34.6 Å². The van der Waals surface area contributed by atoms with Gasteiger partial charge in [0, 0.05) is 40.7 Å². The highest BCUT2D eigenvalue weighted by atomic mass is 35.5. The van der Waals surface area contributed by atoms with Crippen LogP contribution in [0.2, 0.25) is 0 Å². The van der Waals surface area contributed by atoms with Crippen LogP contribution in [0.25, 0.3) is 0 Å². The third kappa shape index (κ3) is 4.84. The standard InChI is InChI=1S/C27H34ClF2NO10/c1-14-9-16-17-11-19(29)18-10-15(32)6-7-24(18,2)26(17,30)20(33)12-25(16,3)27(14,21(34)13-39-23(28)36)41-22(35)5-4-8-40-31(37)38/h6-7,10,14,16-17,19-20,33,37-38H,4-5,8-9,11-13H2,1-3H3/t14-,16?,17?,19+,20+,24+,25+,26+,27+/m1/s1. The quantitative estimate of drug-likeness (QED) is 0.153. The number of aliphatic hydroxyl groups excluding tert-OH is 1. The van der Waals surface area contributed by atoms with E-state index < -0.39 is 87.1 Å². The molecule has 41 heavy (non-hydrogen) atoms. The highest BCUT2D eigenvalue weighted by Crippen LogP contribution is 2.71. The number of hydrogen-bond donors (Lipinski definition) is 3. The third-order valence-electron chi connectivity index (χ3n) is 9.91. The molecule has 0 aromatic heterocycles. The number of fused-ring (bicyclic) bond motifs is 5. The van der Waals surface area contributed by atoms with Gasteiger partial charge in [-0.05, 0) is 56.3 Å². The molecule has 2 unspecified atom stereocenters. The molecule has 228 valence electrons. The number of allylic oxidation sites excluding steroid dienone is 4. The number of alkyl halides is 2. The van der Waals surface area contributed by atoms with E-state index in [0.717, 1.165) is 12.2 Å². The van der Waals surface area contributed by atoms with Gasteiger partial charge in [-0.25, -0.2) is 13.6 Å². The molecule has 4 aliphatic rings. The van der Waals surface area contributed by atoms with E-state index in [1.807, 2.05) is 0 Å². The van der Waals surface area contributed by atoms with Gasteiger partial charge in [0.15, 0.2) is 23.7 Å². The van der Waals surface area contributed by atoms with Crippen LogP contribution in [0.1, 0.15) is 52.9 Å². The Bertz CT molecular complexity index is 1180. The van der Waals surface area contributed by atoms with E-state index >= 15 is 8.78 Å². The SMILES string of the molecule is C[C@@H]1CC2C3C[C@H](F)C4=CC(=O)C=C[C@]4(C)[C@@]3(F)[C@@H](O)C[C@]2(C)[C@@]1(OC(=O)CCCON(O)O)C(=O)COC(=O)Cl. The summed E-state index contributed by atoms with van der Waals surface area (Å²) in [5.74, 6) is -4.85. The number of esters is 1. The van der Waals surface area contributed by atoms with Gasteiger partial charge in [-0.2, -0.15) is 0 Å². The summed E-state index contributed by atoms with van der Waals surface area (Å²) in [6, 6.07) is 0. The minimum absolute atomic E-state index is 0.0349. The van der Waals surface area contributed by atoms with Crippen molar-refractivity contribution in [2.24, 2.45) is 28.6 Å².